The summed E-state index contributed by atoms with van der Waals surface area (Å²) in [5.74, 6) is -0.231. The normalized spacial score (nSPS) is 10.8. The van der Waals surface area contributed by atoms with E-state index in [9.17, 15) is 4.79 Å². The van der Waals surface area contributed by atoms with Gasteiger partial charge in [0.05, 0.1) is 9.70 Å². The van der Waals surface area contributed by atoms with Crippen LogP contribution in [0.15, 0.2) is 76.6 Å². The predicted octanol–water partition coefficient (Wildman–Crippen LogP) is 5.00. The second kappa shape index (κ2) is 8.27. The van der Waals surface area contributed by atoms with Crippen molar-refractivity contribution in [3.8, 4) is 0 Å². The molecule has 0 aliphatic carbocycles. The van der Waals surface area contributed by atoms with Crippen LogP contribution in [0.2, 0.25) is 0 Å². The minimum absolute atomic E-state index is 0.0445. The third-order valence-electron chi connectivity index (χ3n) is 3.83. The zero-order valence-corrected chi connectivity index (χ0v) is 15.5. The van der Waals surface area contributed by atoms with Gasteiger partial charge in [-0.1, -0.05) is 60.7 Å². The molecular formula is C20H18BrNOS. The second-order valence-electron chi connectivity index (χ2n) is 5.50. The van der Waals surface area contributed by atoms with Gasteiger partial charge in [0.1, 0.15) is 0 Å². The van der Waals surface area contributed by atoms with Gasteiger partial charge in [0.15, 0.2) is 0 Å². The van der Waals surface area contributed by atoms with E-state index in [2.05, 4.69) is 27.3 Å². The maximum absolute atomic E-state index is 12.8. The molecule has 0 aliphatic heterocycles. The second-order valence-corrected chi connectivity index (χ2v) is 8.05. The van der Waals surface area contributed by atoms with Crippen molar-refractivity contribution >= 4 is 33.2 Å². The van der Waals surface area contributed by atoms with Crippen molar-refractivity contribution in [2.75, 3.05) is 6.54 Å². The third kappa shape index (κ3) is 4.34. The molecule has 3 rings (SSSR count). The standard InChI is InChI=1S/C20H18BrNOS/c21-18-12-11-17(24-18)13-14-22-20(23)19(15-7-3-1-4-8-15)16-9-5-2-6-10-16/h1-12,19H,13-14H2,(H,22,23). The summed E-state index contributed by atoms with van der Waals surface area (Å²) in [6, 6.07) is 24.0. The molecule has 0 unspecified atom stereocenters. The van der Waals surface area contributed by atoms with Crippen molar-refractivity contribution in [1.82, 2.24) is 5.32 Å². The van der Waals surface area contributed by atoms with Gasteiger partial charge in [0, 0.05) is 11.4 Å². The summed E-state index contributed by atoms with van der Waals surface area (Å²) in [4.78, 5) is 14.1. The van der Waals surface area contributed by atoms with E-state index in [-0.39, 0.29) is 11.8 Å². The average Bonchev–Trinajstić information content (AvgIpc) is 3.02. The van der Waals surface area contributed by atoms with E-state index < -0.39 is 0 Å². The van der Waals surface area contributed by atoms with Gasteiger partial charge >= 0.3 is 0 Å². The minimum Gasteiger partial charge on any atom is -0.355 e. The summed E-state index contributed by atoms with van der Waals surface area (Å²) < 4.78 is 1.12. The van der Waals surface area contributed by atoms with Crippen molar-refractivity contribution in [3.63, 3.8) is 0 Å². The molecule has 0 saturated heterocycles. The van der Waals surface area contributed by atoms with Crippen LogP contribution in [0.4, 0.5) is 0 Å². The summed E-state index contributed by atoms with van der Waals surface area (Å²) in [6.07, 6.45) is 0.846. The number of benzene rings is 2. The molecule has 1 N–H and O–H groups in total. The molecular weight excluding hydrogens is 382 g/mol. The van der Waals surface area contributed by atoms with Gasteiger partial charge in [-0.2, -0.15) is 0 Å². The van der Waals surface area contributed by atoms with Crippen LogP contribution in [0, 0.1) is 0 Å². The van der Waals surface area contributed by atoms with E-state index in [1.165, 1.54) is 4.88 Å². The number of rotatable bonds is 6. The molecule has 0 atom stereocenters. The van der Waals surface area contributed by atoms with Crippen molar-refractivity contribution in [2.45, 2.75) is 12.3 Å². The summed E-state index contributed by atoms with van der Waals surface area (Å²) in [7, 11) is 0. The van der Waals surface area contributed by atoms with E-state index in [0.29, 0.717) is 6.54 Å². The Balaban J connectivity index is 1.72. The molecule has 2 nitrogen and oxygen atoms in total. The number of carbonyl (C=O) groups excluding carboxylic acids is 1. The largest absolute Gasteiger partial charge is 0.355 e. The molecule has 122 valence electrons. The molecule has 1 amide bonds. The fourth-order valence-corrected chi connectivity index (χ4v) is 4.17. The average molecular weight is 400 g/mol. The van der Waals surface area contributed by atoms with Gasteiger partial charge in [-0.3, -0.25) is 4.79 Å². The topological polar surface area (TPSA) is 29.1 Å². The number of amides is 1. The Morgan fingerprint density at radius 2 is 1.50 bits per heavy atom. The van der Waals surface area contributed by atoms with Crippen molar-refractivity contribution in [2.24, 2.45) is 0 Å². The first-order valence-electron chi connectivity index (χ1n) is 7.86. The molecule has 0 saturated carbocycles. The highest BCUT2D eigenvalue weighted by Gasteiger charge is 2.21. The van der Waals surface area contributed by atoms with Crippen LogP contribution in [0.3, 0.4) is 0 Å². The van der Waals surface area contributed by atoms with E-state index >= 15 is 0 Å². The number of hydrogen-bond donors (Lipinski definition) is 1. The Morgan fingerprint density at radius 1 is 0.917 bits per heavy atom. The fraction of sp³-hybridized carbons (Fsp3) is 0.150. The van der Waals surface area contributed by atoms with Crippen LogP contribution in [-0.4, -0.2) is 12.5 Å². The smallest absolute Gasteiger partial charge is 0.232 e. The summed E-state index contributed by atoms with van der Waals surface area (Å²) in [5, 5.41) is 3.09. The molecule has 0 spiro atoms. The molecule has 1 heterocycles. The van der Waals surface area contributed by atoms with Gasteiger partial charge in [-0.05, 0) is 45.6 Å². The molecule has 0 fully saturated rings. The molecule has 0 aliphatic rings. The van der Waals surface area contributed by atoms with Crippen LogP contribution >= 0.6 is 27.3 Å². The predicted molar refractivity (Wildman–Crippen MR) is 103 cm³/mol. The highest BCUT2D eigenvalue weighted by Crippen LogP contribution is 2.25. The lowest BCUT2D eigenvalue weighted by molar-refractivity contribution is -0.121. The zero-order valence-electron chi connectivity index (χ0n) is 13.1. The number of nitrogens with one attached hydrogen (secondary N) is 1. The maximum Gasteiger partial charge on any atom is 0.232 e. The summed E-state index contributed by atoms with van der Waals surface area (Å²) in [5.41, 5.74) is 2.03. The van der Waals surface area contributed by atoms with Gasteiger partial charge < -0.3 is 5.32 Å². The fourth-order valence-electron chi connectivity index (χ4n) is 2.68. The maximum atomic E-state index is 12.8. The van der Waals surface area contributed by atoms with Gasteiger partial charge in [-0.15, -0.1) is 11.3 Å². The Bertz CT molecular complexity index is 746. The first-order chi connectivity index (χ1) is 11.7. The lowest BCUT2D eigenvalue weighted by Crippen LogP contribution is -2.31. The molecule has 4 heteroatoms. The molecule has 2 aromatic carbocycles. The Labute approximate surface area is 154 Å². The van der Waals surface area contributed by atoms with Crippen molar-refractivity contribution in [3.05, 3.63) is 92.6 Å². The quantitative estimate of drug-likeness (QED) is 0.620. The van der Waals surface area contributed by atoms with Gasteiger partial charge in [0.2, 0.25) is 5.91 Å². The van der Waals surface area contributed by atoms with Crippen LogP contribution in [-0.2, 0) is 11.2 Å². The monoisotopic (exact) mass is 399 g/mol. The Hall–Kier alpha value is -1.91. The minimum atomic E-state index is -0.275. The Morgan fingerprint density at radius 3 is 2.00 bits per heavy atom. The van der Waals surface area contributed by atoms with Crippen LogP contribution in [0.25, 0.3) is 0 Å². The van der Waals surface area contributed by atoms with E-state index in [0.717, 1.165) is 21.3 Å². The Kier molecular flexibility index (Phi) is 5.83. The van der Waals surface area contributed by atoms with Crippen LogP contribution < -0.4 is 5.32 Å². The highest BCUT2D eigenvalue weighted by atomic mass is 79.9. The van der Waals surface area contributed by atoms with E-state index in [1.54, 1.807) is 11.3 Å². The van der Waals surface area contributed by atoms with Crippen molar-refractivity contribution < 1.29 is 4.79 Å². The summed E-state index contributed by atoms with van der Waals surface area (Å²) >= 11 is 5.17. The first kappa shape index (κ1) is 16.9. The SMILES string of the molecule is O=C(NCCc1ccc(Br)s1)C(c1ccccc1)c1ccccc1. The summed E-state index contributed by atoms with van der Waals surface area (Å²) in [6.45, 7) is 0.641. The molecule has 0 bridgehead atoms. The number of thiophene rings is 1. The van der Waals surface area contributed by atoms with Crippen LogP contribution in [0.1, 0.15) is 21.9 Å². The molecule has 1 aromatic heterocycles. The molecule has 3 aromatic rings. The molecule has 24 heavy (non-hydrogen) atoms. The number of halogens is 1. The van der Waals surface area contributed by atoms with E-state index in [4.69, 9.17) is 0 Å². The third-order valence-corrected chi connectivity index (χ3v) is 5.51. The van der Waals surface area contributed by atoms with Crippen molar-refractivity contribution in [1.29, 1.82) is 0 Å². The van der Waals surface area contributed by atoms with Gasteiger partial charge in [-0.25, -0.2) is 0 Å². The van der Waals surface area contributed by atoms with Crippen LogP contribution in [0.5, 0.6) is 0 Å². The number of hydrogen-bond acceptors (Lipinski definition) is 2. The lowest BCUT2D eigenvalue weighted by atomic mass is 9.90. The molecule has 0 radical (unpaired) electrons. The first-order valence-corrected chi connectivity index (χ1v) is 9.47. The van der Waals surface area contributed by atoms with E-state index in [1.807, 2.05) is 66.7 Å². The van der Waals surface area contributed by atoms with Gasteiger partial charge in [0.25, 0.3) is 0 Å². The lowest BCUT2D eigenvalue weighted by Gasteiger charge is -2.17. The number of carbonyl (C=O) groups is 1. The highest BCUT2D eigenvalue weighted by molar-refractivity contribution is 9.11. The zero-order chi connectivity index (χ0) is 16.8.